The molecule has 0 saturated heterocycles. The first-order valence-electron chi connectivity index (χ1n) is 4.62. The predicted molar refractivity (Wildman–Crippen MR) is 59.3 cm³/mol. The summed E-state index contributed by atoms with van der Waals surface area (Å²) in [5.74, 6) is 0.126. The molecule has 1 atom stereocenters. The fourth-order valence-corrected chi connectivity index (χ4v) is 1.77. The van der Waals surface area contributed by atoms with Crippen LogP contribution in [0, 0.1) is 0 Å². The molecule has 1 amide bonds. The van der Waals surface area contributed by atoms with E-state index in [1.54, 1.807) is 23.3 Å². The molecule has 14 heavy (non-hydrogen) atoms. The van der Waals surface area contributed by atoms with Gasteiger partial charge in [-0.05, 0) is 29.3 Å². The Bertz CT molecular complexity index is 284. The van der Waals surface area contributed by atoms with E-state index < -0.39 is 0 Å². The third-order valence-electron chi connectivity index (χ3n) is 2.33. The topological polar surface area (TPSA) is 46.3 Å². The fourth-order valence-electron chi connectivity index (χ4n) is 1.10. The van der Waals surface area contributed by atoms with Crippen LogP contribution in [0.4, 0.5) is 0 Å². The van der Waals surface area contributed by atoms with Crippen molar-refractivity contribution in [2.24, 2.45) is 5.73 Å². The first-order valence-corrected chi connectivity index (χ1v) is 5.56. The average molecular weight is 212 g/mol. The molecule has 1 unspecified atom stereocenters. The summed E-state index contributed by atoms with van der Waals surface area (Å²) >= 11 is 1.61. The molecule has 0 aliphatic heterocycles. The van der Waals surface area contributed by atoms with Crippen LogP contribution in [0.1, 0.15) is 12.5 Å². The van der Waals surface area contributed by atoms with Crippen molar-refractivity contribution in [3.05, 3.63) is 22.4 Å². The van der Waals surface area contributed by atoms with Crippen LogP contribution >= 0.6 is 11.3 Å². The van der Waals surface area contributed by atoms with E-state index >= 15 is 0 Å². The highest BCUT2D eigenvalue weighted by Gasteiger charge is 2.14. The van der Waals surface area contributed by atoms with Crippen LogP contribution in [0.5, 0.6) is 0 Å². The summed E-state index contributed by atoms with van der Waals surface area (Å²) < 4.78 is 0. The Balaban J connectivity index is 2.50. The molecule has 3 nitrogen and oxygen atoms in total. The molecule has 0 aliphatic rings. The summed E-state index contributed by atoms with van der Waals surface area (Å²) in [5, 5.41) is 3.98. The molecule has 1 rings (SSSR count). The third-order valence-corrected chi connectivity index (χ3v) is 3.06. The van der Waals surface area contributed by atoms with Crippen molar-refractivity contribution in [3.8, 4) is 0 Å². The van der Waals surface area contributed by atoms with E-state index in [-0.39, 0.29) is 11.9 Å². The molecule has 1 aromatic rings. The minimum Gasteiger partial charge on any atom is -0.341 e. The zero-order valence-corrected chi connectivity index (χ0v) is 9.38. The molecule has 0 bridgehead atoms. The van der Waals surface area contributed by atoms with E-state index in [0.29, 0.717) is 13.0 Å². The van der Waals surface area contributed by atoms with E-state index in [1.807, 2.05) is 23.8 Å². The lowest BCUT2D eigenvalue weighted by Gasteiger charge is -2.23. The Morgan fingerprint density at radius 1 is 1.71 bits per heavy atom. The molecule has 78 valence electrons. The van der Waals surface area contributed by atoms with Gasteiger partial charge in [-0.15, -0.1) is 0 Å². The molecule has 0 saturated carbocycles. The van der Waals surface area contributed by atoms with Crippen LogP contribution in [-0.2, 0) is 11.2 Å². The number of amides is 1. The molecule has 0 spiro atoms. The number of carbonyl (C=O) groups excluding carboxylic acids is 1. The fraction of sp³-hybridized carbons (Fsp3) is 0.500. The van der Waals surface area contributed by atoms with Gasteiger partial charge in [-0.25, -0.2) is 0 Å². The summed E-state index contributed by atoms with van der Waals surface area (Å²) in [6.45, 7) is 2.46. The van der Waals surface area contributed by atoms with E-state index in [4.69, 9.17) is 5.73 Å². The van der Waals surface area contributed by atoms with Crippen molar-refractivity contribution < 1.29 is 4.79 Å². The van der Waals surface area contributed by atoms with E-state index in [2.05, 4.69) is 0 Å². The van der Waals surface area contributed by atoms with Gasteiger partial charge in [0, 0.05) is 19.6 Å². The smallest absolute Gasteiger partial charge is 0.227 e. The highest BCUT2D eigenvalue weighted by molar-refractivity contribution is 7.07. The molecule has 0 aromatic carbocycles. The monoisotopic (exact) mass is 212 g/mol. The van der Waals surface area contributed by atoms with Crippen LogP contribution < -0.4 is 5.73 Å². The van der Waals surface area contributed by atoms with Gasteiger partial charge in [-0.1, -0.05) is 0 Å². The Kier molecular flexibility index (Phi) is 4.10. The van der Waals surface area contributed by atoms with Crippen LogP contribution in [0.2, 0.25) is 0 Å². The molecule has 0 aliphatic carbocycles. The van der Waals surface area contributed by atoms with Crippen LogP contribution in [0.3, 0.4) is 0 Å². The maximum atomic E-state index is 11.7. The van der Waals surface area contributed by atoms with E-state index in [1.165, 1.54) is 0 Å². The van der Waals surface area contributed by atoms with Crippen molar-refractivity contribution in [2.45, 2.75) is 19.4 Å². The number of likely N-dealkylation sites (N-methyl/N-ethyl adjacent to an activating group) is 1. The van der Waals surface area contributed by atoms with Crippen LogP contribution in [-0.4, -0.2) is 30.4 Å². The zero-order chi connectivity index (χ0) is 10.6. The van der Waals surface area contributed by atoms with Gasteiger partial charge in [0.05, 0.1) is 6.42 Å². The standard InChI is InChI=1S/C10H16N2OS/c1-8(6-11)12(2)10(13)5-9-3-4-14-7-9/h3-4,7-8H,5-6,11H2,1-2H3. The number of hydrogen-bond acceptors (Lipinski definition) is 3. The normalized spacial score (nSPS) is 12.5. The Hall–Kier alpha value is -0.870. The van der Waals surface area contributed by atoms with Crippen molar-refractivity contribution in [2.75, 3.05) is 13.6 Å². The van der Waals surface area contributed by atoms with Gasteiger partial charge in [0.2, 0.25) is 5.91 Å². The number of nitrogens with two attached hydrogens (primary N) is 1. The number of rotatable bonds is 4. The second-order valence-corrected chi connectivity index (χ2v) is 4.18. The third kappa shape index (κ3) is 2.82. The van der Waals surface area contributed by atoms with Crippen molar-refractivity contribution in [1.29, 1.82) is 0 Å². The van der Waals surface area contributed by atoms with Crippen LogP contribution in [0.15, 0.2) is 16.8 Å². The molecule has 2 N–H and O–H groups in total. The van der Waals surface area contributed by atoms with Gasteiger partial charge in [0.25, 0.3) is 0 Å². The number of carbonyl (C=O) groups is 1. The second-order valence-electron chi connectivity index (χ2n) is 3.40. The molecule has 1 aromatic heterocycles. The van der Waals surface area contributed by atoms with E-state index in [0.717, 1.165) is 5.56 Å². The number of thiophene rings is 1. The van der Waals surface area contributed by atoms with Gasteiger partial charge < -0.3 is 10.6 Å². The van der Waals surface area contributed by atoms with Gasteiger partial charge in [0.1, 0.15) is 0 Å². The Morgan fingerprint density at radius 3 is 2.93 bits per heavy atom. The predicted octanol–water partition coefficient (Wildman–Crippen LogP) is 1.10. The maximum Gasteiger partial charge on any atom is 0.227 e. The van der Waals surface area contributed by atoms with Crippen LogP contribution in [0.25, 0.3) is 0 Å². The molecule has 1 heterocycles. The quantitative estimate of drug-likeness (QED) is 0.812. The largest absolute Gasteiger partial charge is 0.341 e. The van der Waals surface area contributed by atoms with Gasteiger partial charge >= 0.3 is 0 Å². The van der Waals surface area contributed by atoms with E-state index in [9.17, 15) is 4.79 Å². The maximum absolute atomic E-state index is 11.7. The summed E-state index contributed by atoms with van der Waals surface area (Å²) in [6.07, 6.45) is 0.477. The molecule has 0 radical (unpaired) electrons. The highest BCUT2D eigenvalue weighted by atomic mass is 32.1. The summed E-state index contributed by atoms with van der Waals surface area (Å²) in [4.78, 5) is 13.4. The second kappa shape index (κ2) is 5.12. The lowest BCUT2D eigenvalue weighted by Crippen LogP contribution is -2.40. The van der Waals surface area contributed by atoms with Gasteiger partial charge in [-0.3, -0.25) is 4.79 Å². The first-order chi connectivity index (χ1) is 6.65. The number of nitrogens with zero attached hydrogens (tertiary/aromatic N) is 1. The zero-order valence-electron chi connectivity index (χ0n) is 8.56. The molecular weight excluding hydrogens is 196 g/mol. The molecular formula is C10H16N2OS. The summed E-state index contributed by atoms with van der Waals surface area (Å²) in [5.41, 5.74) is 6.57. The SMILES string of the molecule is CC(CN)N(C)C(=O)Cc1ccsc1. The average Bonchev–Trinajstić information content (AvgIpc) is 2.68. The summed E-state index contributed by atoms with van der Waals surface area (Å²) in [7, 11) is 1.80. The van der Waals surface area contributed by atoms with Gasteiger partial charge in [-0.2, -0.15) is 11.3 Å². The summed E-state index contributed by atoms with van der Waals surface area (Å²) in [6, 6.07) is 2.09. The Labute approximate surface area is 88.5 Å². The first kappa shape index (κ1) is 11.2. The minimum absolute atomic E-state index is 0.112. The molecule has 4 heteroatoms. The highest BCUT2D eigenvalue weighted by Crippen LogP contribution is 2.08. The van der Waals surface area contributed by atoms with Crippen molar-refractivity contribution in [1.82, 2.24) is 4.90 Å². The van der Waals surface area contributed by atoms with Gasteiger partial charge in [0.15, 0.2) is 0 Å². The lowest BCUT2D eigenvalue weighted by molar-refractivity contribution is -0.130. The lowest BCUT2D eigenvalue weighted by atomic mass is 10.2. The van der Waals surface area contributed by atoms with Crippen molar-refractivity contribution >= 4 is 17.2 Å². The Morgan fingerprint density at radius 2 is 2.43 bits per heavy atom. The van der Waals surface area contributed by atoms with Crippen molar-refractivity contribution in [3.63, 3.8) is 0 Å². The number of hydrogen-bond donors (Lipinski definition) is 1. The minimum atomic E-state index is 0.112. The molecule has 0 fully saturated rings.